The monoisotopic (exact) mass is 188 g/mol. The summed E-state index contributed by atoms with van der Waals surface area (Å²) in [6.45, 7) is 0. The molecule has 1 aliphatic carbocycles. The second-order valence-corrected chi connectivity index (χ2v) is 3.89. The maximum absolute atomic E-state index is 4.33. The van der Waals surface area contributed by atoms with Crippen LogP contribution in [0, 0.1) is 5.92 Å². The fourth-order valence-electron chi connectivity index (χ4n) is 1.67. The predicted octanol–water partition coefficient (Wildman–Crippen LogP) is 2.69. The van der Waals surface area contributed by atoms with Crippen molar-refractivity contribution in [3.05, 3.63) is 30.1 Å². The van der Waals surface area contributed by atoms with Gasteiger partial charge in [0.1, 0.15) is 0 Å². The molecular weight excluding hydrogens is 172 g/mol. The van der Waals surface area contributed by atoms with Gasteiger partial charge < -0.3 is 0 Å². The number of hydrogen-bond donors (Lipinski definition) is 0. The van der Waals surface area contributed by atoms with Crippen LogP contribution in [0.15, 0.2) is 29.5 Å². The average Bonchev–Trinajstić information content (AvgIpc) is 3.04. The zero-order valence-corrected chi connectivity index (χ0v) is 8.61. The van der Waals surface area contributed by atoms with Gasteiger partial charge in [0.15, 0.2) is 0 Å². The molecule has 1 fully saturated rings. The molecule has 0 spiro atoms. The highest BCUT2D eigenvalue weighted by Crippen LogP contribution is 2.33. The van der Waals surface area contributed by atoms with Crippen LogP contribution in [0.25, 0.3) is 0 Å². The first kappa shape index (κ1) is 9.38. The number of aromatic nitrogens is 1. The third-order valence-electron chi connectivity index (χ3n) is 2.75. The first-order valence-corrected chi connectivity index (χ1v) is 5.26. The van der Waals surface area contributed by atoms with Crippen molar-refractivity contribution < 1.29 is 0 Å². The third kappa shape index (κ3) is 2.41. The van der Waals surface area contributed by atoms with Gasteiger partial charge in [-0.05, 0) is 24.8 Å². The summed E-state index contributed by atoms with van der Waals surface area (Å²) in [6, 6.07) is 4.06. The van der Waals surface area contributed by atoms with Crippen molar-refractivity contribution >= 4 is 5.71 Å². The van der Waals surface area contributed by atoms with Gasteiger partial charge in [-0.15, -0.1) is 0 Å². The van der Waals surface area contributed by atoms with Gasteiger partial charge in [0, 0.05) is 30.7 Å². The normalized spacial score (nSPS) is 17.1. The highest BCUT2D eigenvalue weighted by atomic mass is 14.7. The van der Waals surface area contributed by atoms with Gasteiger partial charge in [-0.1, -0.05) is 18.9 Å². The van der Waals surface area contributed by atoms with E-state index in [1.807, 2.05) is 19.3 Å². The molecule has 0 atom stereocenters. The van der Waals surface area contributed by atoms with E-state index in [1.54, 1.807) is 6.20 Å². The molecule has 1 heterocycles. The van der Waals surface area contributed by atoms with Crippen molar-refractivity contribution in [2.24, 2.45) is 10.9 Å². The summed E-state index contributed by atoms with van der Waals surface area (Å²) in [6.07, 6.45) is 8.94. The number of rotatable bonds is 4. The lowest BCUT2D eigenvalue weighted by molar-refractivity contribution is 0.758. The summed E-state index contributed by atoms with van der Waals surface area (Å²) in [7, 11) is 1.87. The van der Waals surface area contributed by atoms with E-state index in [-0.39, 0.29) is 0 Å². The predicted molar refractivity (Wildman–Crippen MR) is 58.7 cm³/mol. The Morgan fingerprint density at radius 3 is 3.00 bits per heavy atom. The van der Waals surface area contributed by atoms with Crippen molar-refractivity contribution in [1.82, 2.24) is 4.98 Å². The van der Waals surface area contributed by atoms with E-state index in [2.05, 4.69) is 16.0 Å². The first-order valence-electron chi connectivity index (χ1n) is 5.26. The molecule has 0 bridgehead atoms. The van der Waals surface area contributed by atoms with Gasteiger partial charge in [-0.2, -0.15) is 0 Å². The van der Waals surface area contributed by atoms with Crippen LogP contribution in [0.2, 0.25) is 0 Å². The lowest BCUT2D eigenvalue weighted by atomic mass is 10.1. The van der Waals surface area contributed by atoms with Gasteiger partial charge in [-0.3, -0.25) is 9.98 Å². The van der Waals surface area contributed by atoms with Gasteiger partial charge in [0.2, 0.25) is 0 Å². The molecule has 2 heteroatoms. The number of hydrogen-bond acceptors (Lipinski definition) is 2. The van der Waals surface area contributed by atoms with Crippen LogP contribution in [0.3, 0.4) is 0 Å². The van der Waals surface area contributed by atoms with E-state index >= 15 is 0 Å². The van der Waals surface area contributed by atoms with Crippen molar-refractivity contribution in [1.29, 1.82) is 0 Å². The van der Waals surface area contributed by atoms with Crippen LogP contribution in [-0.4, -0.2) is 17.7 Å². The molecule has 74 valence electrons. The van der Waals surface area contributed by atoms with Crippen LogP contribution < -0.4 is 0 Å². The third-order valence-corrected chi connectivity index (χ3v) is 2.75. The molecule has 0 aliphatic heterocycles. The van der Waals surface area contributed by atoms with E-state index in [1.165, 1.54) is 30.5 Å². The molecule has 1 aromatic heterocycles. The molecular formula is C12H16N2. The van der Waals surface area contributed by atoms with Crippen molar-refractivity contribution in [2.45, 2.75) is 25.7 Å². The number of aliphatic imine (C=N–C) groups is 1. The molecule has 0 saturated heterocycles. The quantitative estimate of drug-likeness (QED) is 0.667. The van der Waals surface area contributed by atoms with Gasteiger partial charge in [0.05, 0.1) is 0 Å². The summed E-state index contributed by atoms with van der Waals surface area (Å²) in [5.74, 6) is 0.975. The summed E-state index contributed by atoms with van der Waals surface area (Å²) < 4.78 is 0. The minimum atomic E-state index is 0.975. The molecule has 14 heavy (non-hydrogen) atoms. The molecule has 0 N–H and O–H groups in total. The Kier molecular flexibility index (Phi) is 2.92. The van der Waals surface area contributed by atoms with Crippen LogP contribution in [-0.2, 0) is 0 Å². The van der Waals surface area contributed by atoms with E-state index in [9.17, 15) is 0 Å². The topological polar surface area (TPSA) is 25.2 Å². The Morgan fingerprint density at radius 1 is 1.57 bits per heavy atom. The summed E-state index contributed by atoms with van der Waals surface area (Å²) in [4.78, 5) is 8.45. The zero-order chi connectivity index (χ0) is 9.80. The smallest absolute Gasteiger partial charge is 0.0432 e. The minimum absolute atomic E-state index is 0.975. The SMILES string of the molecule is CN=C(CCC1CC1)c1cccnc1. The van der Waals surface area contributed by atoms with E-state index in [4.69, 9.17) is 0 Å². The van der Waals surface area contributed by atoms with Crippen molar-refractivity contribution in [3.63, 3.8) is 0 Å². The molecule has 0 radical (unpaired) electrons. The van der Waals surface area contributed by atoms with Crippen LogP contribution in [0.1, 0.15) is 31.2 Å². The average molecular weight is 188 g/mol. The van der Waals surface area contributed by atoms with Gasteiger partial charge >= 0.3 is 0 Å². The molecule has 0 amide bonds. The molecule has 0 unspecified atom stereocenters. The molecule has 1 aromatic rings. The Labute approximate surface area is 85.1 Å². The Morgan fingerprint density at radius 2 is 2.43 bits per heavy atom. The van der Waals surface area contributed by atoms with Gasteiger partial charge in [0.25, 0.3) is 0 Å². The van der Waals surface area contributed by atoms with Crippen LogP contribution in [0.4, 0.5) is 0 Å². The van der Waals surface area contributed by atoms with E-state index in [0.29, 0.717) is 0 Å². The van der Waals surface area contributed by atoms with E-state index < -0.39 is 0 Å². The van der Waals surface area contributed by atoms with E-state index in [0.717, 1.165) is 12.3 Å². The molecule has 0 aromatic carbocycles. The zero-order valence-electron chi connectivity index (χ0n) is 8.61. The fourth-order valence-corrected chi connectivity index (χ4v) is 1.67. The highest BCUT2D eigenvalue weighted by molar-refractivity contribution is 6.00. The highest BCUT2D eigenvalue weighted by Gasteiger charge is 2.21. The first-order chi connectivity index (χ1) is 6.90. The van der Waals surface area contributed by atoms with Crippen LogP contribution in [0.5, 0.6) is 0 Å². The fraction of sp³-hybridized carbons (Fsp3) is 0.500. The van der Waals surface area contributed by atoms with Crippen LogP contribution >= 0.6 is 0 Å². The van der Waals surface area contributed by atoms with Crippen molar-refractivity contribution in [3.8, 4) is 0 Å². The Hall–Kier alpha value is -1.18. The van der Waals surface area contributed by atoms with Crippen molar-refractivity contribution in [2.75, 3.05) is 7.05 Å². The lowest BCUT2D eigenvalue weighted by Crippen LogP contribution is -2.01. The number of nitrogens with zero attached hydrogens (tertiary/aromatic N) is 2. The maximum atomic E-state index is 4.33. The molecule has 2 rings (SSSR count). The Bertz CT molecular complexity index is 312. The van der Waals surface area contributed by atoms with Gasteiger partial charge in [-0.25, -0.2) is 0 Å². The largest absolute Gasteiger partial charge is 0.292 e. The summed E-state index contributed by atoms with van der Waals surface area (Å²) in [5, 5.41) is 0. The molecule has 2 nitrogen and oxygen atoms in total. The second-order valence-electron chi connectivity index (χ2n) is 3.89. The standard InChI is InChI=1S/C12H16N2/c1-13-12(7-6-10-4-5-10)11-3-2-8-14-9-11/h2-3,8-10H,4-7H2,1H3. The summed E-state index contributed by atoms with van der Waals surface area (Å²) in [5.41, 5.74) is 2.38. The molecule has 1 aliphatic rings. The number of pyridine rings is 1. The molecule has 1 saturated carbocycles. The lowest BCUT2D eigenvalue weighted by Gasteiger charge is -2.04. The second kappa shape index (κ2) is 4.36. The minimum Gasteiger partial charge on any atom is -0.292 e. The summed E-state index contributed by atoms with van der Waals surface area (Å²) >= 11 is 0. The maximum Gasteiger partial charge on any atom is 0.0432 e. The Balaban J connectivity index is 1.98.